The highest BCUT2D eigenvalue weighted by Gasteiger charge is 2.30. The van der Waals surface area contributed by atoms with Gasteiger partial charge in [-0.15, -0.1) is 0 Å². The molecular weight excluding hydrogens is 238 g/mol. The third-order valence-electron chi connectivity index (χ3n) is 3.88. The minimum Gasteiger partial charge on any atom is -0.330 e. The second kappa shape index (κ2) is 5.61. The predicted octanol–water partition coefficient (Wildman–Crippen LogP) is 2.03. The normalized spacial score (nSPS) is 18.8. The fourth-order valence-electron chi connectivity index (χ4n) is 2.60. The Hall–Kier alpha value is -1.55. The summed E-state index contributed by atoms with van der Waals surface area (Å²) in [5, 5.41) is 3.06. The van der Waals surface area contributed by atoms with Gasteiger partial charge in [-0.2, -0.15) is 0 Å². The molecule has 0 aliphatic carbocycles. The Balaban J connectivity index is 2.16. The number of nitrogens with two attached hydrogens (primary N) is 1. The van der Waals surface area contributed by atoms with Gasteiger partial charge in [0.25, 0.3) is 0 Å². The summed E-state index contributed by atoms with van der Waals surface area (Å²) in [6, 6.07) is 4.52. The maximum Gasteiger partial charge on any atom is 0.318 e. The van der Waals surface area contributed by atoms with E-state index in [0.29, 0.717) is 6.54 Å². The zero-order valence-electron chi connectivity index (χ0n) is 12.0. The Morgan fingerprint density at radius 1 is 1.26 bits per heavy atom. The van der Waals surface area contributed by atoms with E-state index in [1.807, 2.05) is 4.90 Å². The molecule has 4 heteroatoms. The van der Waals surface area contributed by atoms with Crippen molar-refractivity contribution in [2.24, 2.45) is 5.73 Å². The van der Waals surface area contributed by atoms with Crippen LogP contribution in [-0.2, 0) is 0 Å². The van der Waals surface area contributed by atoms with Crippen molar-refractivity contribution < 1.29 is 4.79 Å². The topological polar surface area (TPSA) is 58.4 Å². The minimum absolute atomic E-state index is 0.0241. The molecule has 2 amide bonds. The van der Waals surface area contributed by atoms with Crippen LogP contribution in [0.3, 0.4) is 0 Å². The average molecular weight is 261 g/mol. The van der Waals surface area contributed by atoms with Gasteiger partial charge in [0.2, 0.25) is 0 Å². The number of nitrogens with one attached hydrogen (secondary N) is 1. The van der Waals surface area contributed by atoms with Gasteiger partial charge in [-0.3, -0.25) is 0 Å². The number of benzene rings is 1. The number of hydrogen-bond acceptors (Lipinski definition) is 2. The van der Waals surface area contributed by atoms with Crippen molar-refractivity contribution in [1.29, 1.82) is 0 Å². The molecule has 0 spiro atoms. The van der Waals surface area contributed by atoms with Gasteiger partial charge in [-0.25, -0.2) is 4.79 Å². The molecule has 1 aromatic carbocycles. The van der Waals surface area contributed by atoms with Crippen LogP contribution in [0.5, 0.6) is 0 Å². The zero-order valence-corrected chi connectivity index (χ0v) is 12.0. The molecule has 1 fully saturated rings. The first-order valence-corrected chi connectivity index (χ1v) is 6.86. The molecule has 1 atom stereocenters. The standard InChI is InChI=1S/C15H23N3O/c1-10-7-12(3)13(8-11(10)2)14-9-18(6-4-5-16)15(19)17-14/h7-8,14H,4-6,9,16H2,1-3H3,(H,17,19). The summed E-state index contributed by atoms with van der Waals surface area (Å²) in [6.07, 6.45) is 0.853. The van der Waals surface area contributed by atoms with Crippen LogP contribution in [0.1, 0.15) is 34.7 Å². The third kappa shape index (κ3) is 2.89. The van der Waals surface area contributed by atoms with Crippen LogP contribution in [0.4, 0.5) is 4.79 Å². The highest BCUT2D eigenvalue weighted by Crippen LogP contribution is 2.25. The van der Waals surface area contributed by atoms with Crippen LogP contribution in [0.15, 0.2) is 12.1 Å². The molecule has 1 aliphatic rings. The van der Waals surface area contributed by atoms with Gasteiger partial charge in [0.1, 0.15) is 0 Å². The predicted molar refractivity (Wildman–Crippen MR) is 77.2 cm³/mol. The highest BCUT2D eigenvalue weighted by atomic mass is 16.2. The number of carbonyl (C=O) groups excluding carboxylic acids is 1. The Bertz CT molecular complexity index is 485. The van der Waals surface area contributed by atoms with E-state index in [9.17, 15) is 4.79 Å². The first-order chi connectivity index (χ1) is 9.02. The van der Waals surface area contributed by atoms with Crippen molar-refractivity contribution >= 4 is 6.03 Å². The van der Waals surface area contributed by atoms with E-state index in [2.05, 4.69) is 38.2 Å². The number of hydrogen-bond donors (Lipinski definition) is 2. The van der Waals surface area contributed by atoms with Crippen molar-refractivity contribution in [2.45, 2.75) is 33.2 Å². The summed E-state index contributed by atoms with van der Waals surface area (Å²) in [6.45, 7) is 8.44. The maximum absolute atomic E-state index is 11.9. The van der Waals surface area contributed by atoms with Gasteiger partial charge in [0, 0.05) is 13.1 Å². The smallest absolute Gasteiger partial charge is 0.318 e. The summed E-state index contributed by atoms with van der Waals surface area (Å²) in [5.41, 5.74) is 10.5. The lowest BCUT2D eigenvalue weighted by Gasteiger charge is -2.16. The van der Waals surface area contributed by atoms with Gasteiger partial charge in [-0.05, 0) is 56.0 Å². The van der Waals surface area contributed by atoms with E-state index < -0.39 is 0 Å². The number of urea groups is 1. The first kappa shape index (κ1) is 13.9. The quantitative estimate of drug-likeness (QED) is 0.871. The second-order valence-electron chi connectivity index (χ2n) is 5.38. The molecule has 1 aromatic rings. The van der Waals surface area contributed by atoms with Crippen LogP contribution in [-0.4, -0.2) is 30.6 Å². The number of amides is 2. The Morgan fingerprint density at radius 2 is 1.95 bits per heavy atom. The fourth-order valence-corrected chi connectivity index (χ4v) is 2.60. The lowest BCUT2D eigenvalue weighted by Crippen LogP contribution is -2.30. The highest BCUT2D eigenvalue weighted by molar-refractivity contribution is 5.77. The van der Waals surface area contributed by atoms with E-state index in [0.717, 1.165) is 19.5 Å². The molecule has 1 heterocycles. The molecule has 1 saturated heterocycles. The summed E-state index contributed by atoms with van der Waals surface area (Å²) in [4.78, 5) is 13.8. The molecule has 0 radical (unpaired) electrons. The van der Waals surface area contributed by atoms with E-state index in [1.165, 1.54) is 22.3 Å². The molecule has 1 unspecified atom stereocenters. The Labute approximate surface area is 115 Å². The van der Waals surface area contributed by atoms with Crippen molar-refractivity contribution in [3.63, 3.8) is 0 Å². The zero-order chi connectivity index (χ0) is 14.0. The van der Waals surface area contributed by atoms with E-state index in [-0.39, 0.29) is 12.1 Å². The summed E-state index contributed by atoms with van der Waals surface area (Å²) in [5.74, 6) is 0. The molecular formula is C15H23N3O. The van der Waals surface area contributed by atoms with Crippen LogP contribution in [0.25, 0.3) is 0 Å². The minimum atomic E-state index is 0.0241. The molecule has 1 aliphatic heterocycles. The Kier molecular flexibility index (Phi) is 4.10. The molecule has 0 saturated carbocycles. The molecule has 2 rings (SSSR count). The summed E-state index contributed by atoms with van der Waals surface area (Å²) in [7, 11) is 0. The van der Waals surface area contributed by atoms with Gasteiger partial charge < -0.3 is 16.0 Å². The SMILES string of the molecule is Cc1cc(C)c(C2CN(CCCN)C(=O)N2)cc1C. The monoisotopic (exact) mass is 261 g/mol. The maximum atomic E-state index is 11.9. The lowest BCUT2D eigenvalue weighted by atomic mass is 9.96. The van der Waals surface area contributed by atoms with Crippen LogP contribution in [0, 0.1) is 20.8 Å². The number of aryl methyl sites for hydroxylation is 3. The molecule has 0 aromatic heterocycles. The van der Waals surface area contributed by atoms with Gasteiger partial charge in [0.15, 0.2) is 0 Å². The second-order valence-corrected chi connectivity index (χ2v) is 5.38. The Morgan fingerprint density at radius 3 is 2.63 bits per heavy atom. The van der Waals surface area contributed by atoms with Crippen molar-refractivity contribution in [1.82, 2.24) is 10.2 Å². The molecule has 19 heavy (non-hydrogen) atoms. The summed E-state index contributed by atoms with van der Waals surface area (Å²) < 4.78 is 0. The number of nitrogens with zero attached hydrogens (tertiary/aromatic N) is 1. The number of rotatable bonds is 4. The largest absolute Gasteiger partial charge is 0.330 e. The van der Waals surface area contributed by atoms with E-state index in [4.69, 9.17) is 5.73 Å². The van der Waals surface area contributed by atoms with Gasteiger partial charge in [0.05, 0.1) is 6.04 Å². The molecule has 104 valence electrons. The van der Waals surface area contributed by atoms with E-state index >= 15 is 0 Å². The first-order valence-electron chi connectivity index (χ1n) is 6.86. The fraction of sp³-hybridized carbons (Fsp3) is 0.533. The van der Waals surface area contributed by atoms with Gasteiger partial charge in [-0.1, -0.05) is 12.1 Å². The summed E-state index contributed by atoms with van der Waals surface area (Å²) >= 11 is 0. The average Bonchev–Trinajstić information content (AvgIpc) is 2.72. The molecule has 0 bridgehead atoms. The van der Waals surface area contributed by atoms with Crippen LogP contribution < -0.4 is 11.1 Å². The molecule has 4 nitrogen and oxygen atoms in total. The number of carbonyl (C=O) groups is 1. The van der Waals surface area contributed by atoms with Crippen LogP contribution >= 0.6 is 0 Å². The van der Waals surface area contributed by atoms with Crippen LogP contribution in [0.2, 0.25) is 0 Å². The molecule has 3 N–H and O–H groups in total. The van der Waals surface area contributed by atoms with E-state index in [1.54, 1.807) is 0 Å². The van der Waals surface area contributed by atoms with Crippen molar-refractivity contribution in [3.05, 3.63) is 34.4 Å². The van der Waals surface area contributed by atoms with Crippen molar-refractivity contribution in [2.75, 3.05) is 19.6 Å². The third-order valence-corrected chi connectivity index (χ3v) is 3.88. The van der Waals surface area contributed by atoms with Crippen molar-refractivity contribution in [3.8, 4) is 0 Å². The van der Waals surface area contributed by atoms with Gasteiger partial charge >= 0.3 is 6.03 Å². The lowest BCUT2D eigenvalue weighted by molar-refractivity contribution is 0.217.